The first-order valence-corrected chi connectivity index (χ1v) is 10.1. The van der Waals surface area contributed by atoms with Crippen molar-refractivity contribution in [3.05, 3.63) is 54.6 Å². The molecule has 2 aromatic carbocycles. The lowest BCUT2D eigenvalue weighted by atomic mass is 10.2. The predicted octanol–water partition coefficient (Wildman–Crippen LogP) is 3.03. The van der Waals surface area contributed by atoms with Gasteiger partial charge in [-0.2, -0.15) is 4.68 Å². The summed E-state index contributed by atoms with van der Waals surface area (Å²) in [7, 11) is 2.01. The number of anilines is 2. The zero-order valence-electron chi connectivity index (χ0n) is 16.0. The van der Waals surface area contributed by atoms with Gasteiger partial charge >= 0.3 is 6.03 Å². The van der Waals surface area contributed by atoms with E-state index in [9.17, 15) is 4.79 Å². The Morgan fingerprint density at radius 3 is 2.75 bits per heavy atom. The van der Waals surface area contributed by atoms with Crippen LogP contribution in [-0.2, 0) is 0 Å². The fourth-order valence-electron chi connectivity index (χ4n) is 2.65. The number of amides is 2. The SMILES string of the molecule is CSc1nnnn1-c1cccc(NC(=O)NCC(C)N(C)c2ccccc2)c1. The quantitative estimate of drug-likeness (QED) is 0.596. The monoisotopic (exact) mass is 397 g/mol. The molecule has 3 rings (SSSR count). The molecule has 0 spiro atoms. The van der Waals surface area contributed by atoms with E-state index in [-0.39, 0.29) is 12.1 Å². The maximum Gasteiger partial charge on any atom is 0.319 e. The molecular formula is C19H23N7OS. The van der Waals surface area contributed by atoms with Crippen molar-refractivity contribution in [3.63, 3.8) is 0 Å². The molecule has 0 aliphatic rings. The number of carbonyl (C=O) groups excluding carboxylic acids is 1. The Kier molecular flexibility index (Phi) is 6.49. The number of aromatic nitrogens is 4. The third-order valence-corrected chi connectivity index (χ3v) is 4.97. The van der Waals surface area contributed by atoms with E-state index in [4.69, 9.17) is 0 Å². The van der Waals surface area contributed by atoms with Gasteiger partial charge in [0.25, 0.3) is 0 Å². The lowest BCUT2D eigenvalue weighted by Gasteiger charge is -2.27. The number of rotatable bonds is 7. The van der Waals surface area contributed by atoms with Gasteiger partial charge in [0.1, 0.15) is 0 Å². The minimum Gasteiger partial charge on any atom is -0.370 e. The summed E-state index contributed by atoms with van der Waals surface area (Å²) in [5.41, 5.74) is 2.56. The van der Waals surface area contributed by atoms with Gasteiger partial charge < -0.3 is 15.5 Å². The molecule has 0 saturated carbocycles. The largest absolute Gasteiger partial charge is 0.370 e. The molecule has 0 aliphatic heterocycles. The van der Waals surface area contributed by atoms with Crippen LogP contribution in [0.25, 0.3) is 5.69 Å². The molecule has 2 amide bonds. The van der Waals surface area contributed by atoms with Gasteiger partial charge in [0.05, 0.1) is 5.69 Å². The van der Waals surface area contributed by atoms with Gasteiger partial charge in [-0.25, -0.2) is 4.79 Å². The third kappa shape index (κ3) is 4.80. The second kappa shape index (κ2) is 9.23. The highest BCUT2D eigenvalue weighted by atomic mass is 32.2. The average Bonchev–Trinajstić information content (AvgIpc) is 3.21. The van der Waals surface area contributed by atoms with E-state index in [1.54, 1.807) is 4.68 Å². The van der Waals surface area contributed by atoms with Crippen molar-refractivity contribution >= 4 is 29.2 Å². The van der Waals surface area contributed by atoms with E-state index >= 15 is 0 Å². The van der Waals surface area contributed by atoms with Gasteiger partial charge in [-0.1, -0.05) is 36.0 Å². The van der Waals surface area contributed by atoms with E-state index in [2.05, 4.69) is 38.0 Å². The van der Waals surface area contributed by atoms with E-state index in [1.165, 1.54) is 11.8 Å². The Hall–Kier alpha value is -3.07. The Bertz CT molecular complexity index is 915. The van der Waals surface area contributed by atoms with E-state index in [1.807, 2.05) is 67.9 Å². The molecule has 1 unspecified atom stereocenters. The first-order chi connectivity index (χ1) is 13.6. The molecule has 0 bridgehead atoms. The summed E-state index contributed by atoms with van der Waals surface area (Å²) in [5.74, 6) is 0. The molecule has 8 nitrogen and oxygen atoms in total. The fourth-order valence-corrected chi connectivity index (χ4v) is 3.09. The van der Waals surface area contributed by atoms with Gasteiger partial charge in [0.2, 0.25) is 5.16 Å². The molecule has 1 heterocycles. The lowest BCUT2D eigenvalue weighted by molar-refractivity contribution is 0.251. The highest BCUT2D eigenvalue weighted by molar-refractivity contribution is 7.98. The number of nitrogens with one attached hydrogen (secondary N) is 2. The molecular weight excluding hydrogens is 374 g/mol. The van der Waals surface area contributed by atoms with Gasteiger partial charge in [-0.3, -0.25) is 0 Å². The van der Waals surface area contributed by atoms with Crippen LogP contribution in [0.15, 0.2) is 59.8 Å². The standard InChI is InChI=1S/C19H23N7OS/c1-14(25(2)16-9-5-4-6-10-16)13-20-18(27)21-15-8-7-11-17(12-15)26-19(28-3)22-23-24-26/h4-12,14H,13H2,1-3H3,(H2,20,21,27). The zero-order valence-corrected chi connectivity index (χ0v) is 16.8. The van der Waals surface area contributed by atoms with Gasteiger partial charge in [-0.15, -0.1) is 5.10 Å². The van der Waals surface area contributed by atoms with Crippen LogP contribution in [-0.4, -0.2) is 52.1 Å². The average molecular weight is 398 g/mol. The Labute approximate surface area is 168 Å². The van der Waals surface area contributed by atoms with Crippen LogP contribution in [0.4, 0.5) is 16.2 Å². The van der Waals surface area contributed by atoms with Crippen LogP contribution < -0.4 is 15.5 Å². The maximum atomic E-state index is 12.3. The number of thioether (sulfide) groups is 1. The van der Waals surface area contributed by atoms with Crippen molar-refractivity contribution in [2.75, 3.05) is 30.1 Å². The fraction of sp³-hybridized carbons (Fsp3) is 0.263. The van der Waals surface area contributed by atoms with Crippen LogP contribution in [0.1, 0.15) is 6.92 Å². The molecule has 2 N–H and O–H groups in total. The molecule has 1 aromatic heterocycles. The zero-order chi connectivity index (χ0) is 19.9. The summed E-state index contributed by atoms with van der Waals surface area (Å²) in [5, 5.41) is 18.1. The van der Waals surface area contributed by atoms with Crippen molar-refractivity contribution in [1.29, 1.82) is 0 Å². The number of hydrogen-bond acceptors (Lipinski definition) is 6. The molecule has 3 aromatic rings. The van der Waals surface area contributed by atoms with Gasteiger partial charge in [0.15, 0.2) is 0 Å². The van der Waals surface area contributed by atoms with Crippen molar-refractivity contribution in [1.82, 2.24) is 25.5 Å². The molecule has 0 radical (unpaired) electrons. The van der Waals surface area contributed by atoms with Crippen molar-refractivity contribution < 1.29 is 4.79 Å². The van der Waals surface area contributed by atoms with Crippen LogP contribution in [0, 0.1) is 0 Å². The first kappa shape index (κ1) is 19.7. The minimum atomic E-state index is -0.257. The summed E-state index contributed by atoms with van der Waals surface area (Å²) in [6.07, 6.45) is 1.91. The topological polar surface area (TPSA) is 88.0 Å². The number of urea groups is 1. The summed E-state index contributed by atoms with van der Waals surface area (Å²) in [4.78, 5) is 14.4. The van der Waals surface area contributed by atoms with Crippen LogP contribution in [0.2, 0.25) is 0 Å². The molecule has 28 heavy (non-hydrogen) atoms. The van der Waals surface area contributed by atoms with Crippen LogP contribution in [0.3, 0.4) is 0 Å². The highest BCUT2D eigenvalue weighted by Crippen LogP contribution is 2.18. The Balaban J connectivity index is 1.57. The maximum absolute atomic E-state index is 12.3. The van der Waals surface area contributed by atoms with Gasteiger partial charge in [-0.05, 0) is 53.9 Å². The second-order valence-electron chi connectivity index (χ2n) is 6.26. The Morgan fingerprint density at radius 2 is 2.00 bits per heavy atom. The summed E-state index contributed by atoms with van der Waals surface area (Å²) < 4.78 is 1.63. The molecule has 0 aliphatic carbocycles. The number of carbonyl (C=O) groups is 1. The number of benzene rings is 2. The number of para-hydroxylation sites is 1. The van der Waals surface area contributed by atoms with Crippen LogP contribution in [0.5, 0.6) is 0 Å². The molecule has 1 atom stereocenters. The van der Waals surface area contributed by atoms with Gasteiger partial charge in [0, 0.05) is 31.0 Å². The molecule has 0 saturated heterocycles. The number of nitrogens with zero attached hydrogens (tertiary/aromatic N) is 5. The lowest BCUT2D eigenvalue weighted by Crippen LogP contribution is -2.41. The van der Waals surface area contributed by atoms with E-state index in [0.717, 1.165) is 11.4 Å². The van der Waals surface area contributed by atoms with E-state index < -0.39 is 0 Å². The summed E-state index contributed by atoms with van der Waals surface area (Å²) in [6, 6.07) is 17.3. The third-order valence-electron chi connectivity index (χ3n) is 4.35. The highest BCUT2D eigenvalue weighted by Gasteiger charge is 2.12. The number of likely N-dealkylation sites (N-methyl/N-ethyl adjacent to an activating group) is 1. The first-order valence-electron chi connectivity index (χ1n) is 8.84. The molecule has 146 valence electrons. The Morgan fingerprint density at radius 1 is 1.21 bits per heavy atom. The number of tetrazole rings is 1. The molecule has 9 heteroatoms. The van der Waals surface area contributed by atoms with Crippen molar-refractivity contribution in [2.24, 2.45) is 0 Å². The predicted molar refractivity (Wildman–Crippen MR) is 112 cm³/mol. The van der Waals surface area contributed by atoms with Crippen molar-refractivity contribution in [3.8, 4) is 5.69 Å². The summed E-state index contributed by atoms with van der Waals surface area (Å²) in [6.45, 7) is 2.58. The van der Waals surface area contributed by atoms with E-state index in [0.29, 0.717) is 17.4 Å². The summed E-state index contributed by atoms with van der Waals surface area (Å²) >= 11 is 1.45. The van der Waals surface area contributed by atoms with Crippen molar-refractivity contribution in [2.45, 2.75) is 18.1 Å². The normalized spacial score (nSPS) is 11.7. The number of hydrogen-bond donors (Lipinski definition) is 2. The molecule has 0 fully saturated rings. The second-order valence-corrected chi connectivity index (χ2v) is 7.03. The minimum absolute atomic E-state index is 0.143. The smallest absolute Gasteiger partial charge is 0.319 e. The van der Waals surface area contributed by atoms with Crippen LogP contribution >= 0.6 is 11.8 Å².